The van der Waals surface area contributed by atoms with Crippen LogP contribution < -0.4 is 25.2 Å². The second-order valence-electron chi connectivity index (χ2n) is 6.80. The van der Waals surface area contributed by atoms with Gasteiger partial charge in [-0.1, -0.05) is 30.3 Å². The molecule has 0 saturated heterocycles. The maximum absolute atomic E-state index is 13.4. The number of carbonyl (C=O) groups excluding carboxylic acids is 1. The van der Waals surface area contributed by atoms with Gasteiger partial charge in [0.05, 0.1) is 32.2 Å². The summed E-state index contributed by atoms with van der Waals surface area (Å²) in [5.41, 5.74) is 3.52. The van der Waals surface area contributed by atoms with Crippen molar-refractivity contribution in [3.63, 3.8) is 0 Å². The number of ether oxygens (including phenoxy) is 3. The summed E-state index contributed by atoms with van der Waals surface area (Å²) in [4.78, 5) is 31.3. The largest absolute Gasteiger partial charge is 0.497 e. The van der Waals surface area contributed by atoms with Crippen LogP contribution in [0.25, 0.3) is 22.3 Å². The molecule has 4 aromatic rings. The summed E-state index contributed by atoms with van der Waals surface area (Å²) < 4.78 is 17.1. The molecule has 1 amide bonds. The topological polar surface area (TPSA) is 91.7 Å². The van der Waals surface area contributed by atoms with E-state index in [9.17, 15) is 9.59 Å². The van der Waals surface area contributed by atoms with Gasteiger partial charge in [0.25, 0.3) is 11.5 Å². The smallest absolute Gasteiger partial charge is 0.280 e. The van der Waals surface area contributed by atoms with Gasteiger partial charge in [-0.15, -0.1) is 0 Å². The fraction of sp³-hybridized carbons (Fsp3) is 0.125. The third kappa shape index (κ3) is 3.74. The molecule has 1 aromatic heterocycles. The fourth-order valence-electron chi connectivity index (χ4n) is 3.42. The molecule has 1 N–H and O–H groups in total. The van der Waals surface area contributed by atoms with E-state index in [2.05, 4.69) is 10.4 Å². The molecule has 162 valence electrons. The highest BCUT2D eigenvalue weighted by atomic mass is 16.5. The van der Waals surface area contributed by atoms with Crippen molar-refractivity contribution in [2.45, 2.75) is 0 Å². The minimum absolute atomic E-state index is 0.161. The molecule has 3 aromatic carbocycles. The van der Waals surface area contributed by atoms with Crippen LogP contribution in [0.4, 0.5) is 0 Å². The minimum Gasteiger partial charge on any atom is -0.497 e. The second-order valence-corrected chi connectivity index (χ2v) is 6.80. The van der Waals surface area contributed by atoms with Gasteiger partial charge in [0.1, 0.15) is 22.8 Å². The number of hydrogen-bond acceptors (Lipinski definition) is 6. The van der Waals surface area contributed by atoms with Crippen LogP contribution in [0.2, 0.25) is 0 Å². The number of nitrogens with zero attached hydrogens (tertiary/aromatic N) is 2. The van der Waals surface area contributed by atoms with Crippen LogP contribution >= 0.6 is 0 Å². The van der Waals surface area contributed by atoms with Gasteiger partial charge in [-0.25, -0.2) is 4.98 Å². The highest BCUT2D eigenvalue weighted by molar-refractivity contribution is 6.05. The van der Waals surface area contributed by atoms with Crippen LogP contribution in [0.5, 0.6) is 17.2 Å². The van der Waals surface area contributed by atoms with Crippen molar-refractivity contribution in [1.29, 1.82) is 0 Å². The lowest BCUT2D eigenvalue weighted by Crippen LogP contribution is -2.35. The Kier molecular flexibility index (Phi) is 5.76. The number of fused-ring (bicyclic) bond motifs is 1. The Morgan fingerprint density at radius 1 is 0.875 bits per heavy atom. The Morgan fingerprint density at radius 3 is 2.25 bits per heavy atom. The molecule has 0 aliphatic carbocycles. The van der Waals surface area contributed by atoms with Crippen molar-refractivity contribution in [3.8, 4) is 28.6 Å². The zero-order chi connectivity index (χ0) is 22.7. The van der Waals surface area contributed by atoms with E-state index in [1.54, 1.807) is 73.8 Å². The van der Waals surface area contributed by atoms with Crippen molar-refractivity contribution in [1.82, 2.24) is 9.66 Å². The van der Waals surface area contributed by atoms with Crippen molar-refractivity contribution in [3.05, 3.63) is 82.6 Å². The van der Waals surface area contributed by atoms with E-state index in [1.165, 1.54) is 14.2 Å². The average molecular weight is 431 g/mol. The fourth-order valence-corrected chi connectivity index (χ4v) is 3.42. The molecule has 0 aliphatic heterocycles. The summed E-state index contributed by atoms with van der Waals surface area (Å²) in [5, 5.41) is 0.367. The molecule has 0 saturated carbocycles. The third-order valence-electron chi connectivity index (χ3n) is 4.97. The summed E-state index contributed by atoms with van der Waals surface area (Å²) in [6.07, 6.45) is 0. The van der Waals surface area contributed by atoms with Gasteiger partial charge in [-0.05, 0) is 36.4 Å². The monoisotopic (exact) mass is 431 g/mol. The molecule has 32 heavy (non-hydrogen) atoms. The van der Waals surface area contributed by atoms with E-state index < -0.39 is 11.5 Å². The van der Waals surface area contributed by atoms with Gasteiger partial charge < -0.3 is 14.2 Å². The van der Waals surface area contributed by atoms with Crippen LogP contribution in [0, 0.1) is 0 Å². The summed E-state index contributed by atoms with van der Waals surface area (Å²) >= 11 is 0. The van der Waals surface area contributed by atoms with Crippen LogP contribution in [0.3, 0.4) is 0 Å². The molecular formula is C24H21N3O5. The normalized spacial score (nSPS) is 10.6. The second kappa shape index (κ2) is 8.81. The first-order valence-electron chi connectivity index (χ1n) is 9.76. The Balaban J connectivity index is 1.91. The zero-order valence-corrected chi connectivity index (χ0v) is 17.8. The zero-order valence-electron chi connectivity index (χ0n) is 17.8. The summed E-state index contributed by atoms with van der Waals surface area (Å²) in [6.45, 7) is 0. The van der Waals surface area contributed by atoms with Crippen LogP contribution in [0.15, 0.2) is 71.5 Å². The molecule has 0 fully saturated rings. The van der Waals surface area contributed by atoms with E-state index in [0.29, 0.717) is 33.7 Å². The Hall–Kier alpha value is -4.33. The first-order chi connectivity index (χ1) is 15.6. The van der Waals surface area contributed by atoms with E-state index in [0.717, 1.165) is 4.68 Å². The Morgan fingerprint density at radius 2 is 1.56 bits per heavy atom. The van der Waals surface area contributed by atoms with Gasteiger partial charge in [0.2, 0.25) is 0 Å². The Labute approximate surface area is 184 Å². The molecule has 8 nitrogen and oxygen atoms in total. The Bertz CT molecular complexity index is 1340. The lowest BCUT2D eigenvalue weighted by atomic mass is 10.1. The molecule has 0 spiro atoms. The molecule has 1 heterocycles. The number of aromatic nitrogens is 2. The van der Waals surface area contributed by atoms with Crippen LogP contribution in [0.1, 0.15) is 10.4 Å². The van der Waals surface area contributed by atoms with Gasteiger partial charge in [-0.2, -0.15) is 4.68 Å². The quantitative estimate of drug-likeness (QED) is 0.503. The van der Waals surface area contributed by atoms with E-state index >= 15 is 0 Å². The van der Waals surface area contributed by atoms with Gasteiger partial charge >= 0.3 is 0 Å². The molecule has 0 aliphatic rings. The maximum atomic E-state index is 13.4. The lowest BCUT2D eigenvalue weighted by molar-refractivity contribution is 0.100. The van der Waals surface area contributed by atoms with Crippen molar-refractivity contribution >= 4 is 16.8 Å². The standard InChI is InChI=1S/C24H21N3O5/c1-30-16-9-6-8-15(14-16)22-25-18-11-5-4-10-17(18)24(29)27(22)26-23(28)21-19(31-2)12-7-13-20(21)32-3/h4-14H,1-3H3,(H,26,28). The molecule has 0 radical (unpaired) electrons. The highest BCUT2D eigenvalue weighted by Crippen LogP contribution is 2.29. The van der Waals surface area contributed by atoms with E-state index in [1.807, 2.05) is 0 Å². The molecule has 0 bridgehead atoms. The average Bonchev–Trinajstić information content (AvgIpc) is 2.84. The van der Waals surface area contributed by atoms with E-state index in [4.69, 9.17) is 14.2 Å². The molecule has 4 rings (SSSR count). The van der Waals surface area contributed by atoms with Crippen LogP contribution in [-0.4, -0.2) is 36.9 Å². The molecule has 0 unspecified atom stereocenters. The first kappa shape index (κ1) is 20.9. The number of methoxy groups -OCH3 is 3. The first-order valence-corrected chi connectivity index (χ1v) is 9.76. The predicted molar refractivity (Wildman–Crippen MR) is 121 cm³/mol. The number of nitrogens with one attached hydrogen (secondary N) is 1. The number of amides is 1. The van der Waals surface area contributed by atoms with E-state index in [-0.39, 0.29) is 11.4 Å². The summed E-state index contributed by atoms with van der Waals surface area (Å²) in [6, 6.07) is 19.0. The number of rotatable bonds is 6. The van der Waals surface area contributed by atoms with Crippen LogP contribution in [-0.2, 0) is 0 Å². The highest BCUT2D eigenvalue weighted by Gasteiger charge is 2.21. The van der Waals surface area contributed by atoms with Gasteiger partial charge in [-0.3, -0.25) is 15.0 Å². The minimum atomic E-state index is -0.581. The van der Waals surface area contributed by atoms with Gasteiger partial charge in [0.15, 0.2) is 5.82 Å². The van der Waals surface area contributed by atoms with Crippen molar-refractivity contribution < 1.29 is 19.0 Å². The predicted octanol–water partition coefficient (Wildman–Crippen LogP) is 3.47. The molecular weight excluding hydrogens is 410 g/mol. The summed E-state index contributed by atoms with van der Waals surface area (Å²) in [7, 11) is 4.46. The number of para-hydroxylation sites is 1. The number of carbonyl (C=O) groups is 1. The third-order valence-corrected chi connectivity index (χ3v) is 4.97. The number of hydrogen-bond donors (Lipinski definition) is 1. The van der Waals surface area contributed by atoms with Crippen molar-refractivity contribution in [2.24, 2.45) is 0 Å². The molecule has 8 heteroatoms. The number of benzene rings is 3. The SMILES string of the molecule is COc1cccc(-c2nc3ccccc3c(=O)n2NC(=O)c2c(OC)cccc2OC)c1. The molecule has 0 atom stereocenters. The van der Waals surface area contributed by atoms with Gasteiger partial charge in [0, 0.05) is 5.56 Å². The maximum Gasteiger partial charge on any atom is 0.280 e. The lowest BCUT2D eigenvalue weighted by Gasteiger charge is -2.17. The van der Waals surface area contributed by atoms with Crippen molar-refractivity contribution in [2.75, 3.05) is 26.8 Å². The summed E-state index contributed by atoms with van der Waals surface area (Å²) in [5.74, 6) is 0.893.